The van der Waals surface area contributed by atoms with Gasteiger partial charge in [-0.25, -0.2) is 0 Å². The zero-order chi connectivity index (χ0) is 22.0. The molecule has 1 nitrogen and oxygen atoms in total. The molecule has 0 unspecified atom stereocenters. The monoisotopic (exact) mass is 554 g/mol. The van der Waals surface area contributed by atoms with Gasteiger partial charge in [0.2, 0.25) is 0 Å². The average molecular weight is 552 g/mol. The van der Waals surface area contributed by atoms with Crippen LogP contribution in [0, 0.1) is 13.8 Å². The molecule has 0 saturated heterocycles. The fourth-order valence-electron chi connectivity index (χ4n) is 4.69. The molecule has 1 heterocycles. The van der Waals surface area contributed by atoms with Gasteiger partial charge in [-0.3, -0.25) is 0 Å². The fourth-order valence-corrected chi connectivity index (χ4v) is 10.3. The number of benzene rings is 3. The van der Waals surface area contributed by atoms with Crippen molar-refractivity contribution in [1.29, 1.82) is 0 Å². The summed E-state index contributed by atoms with van der Waals surface area (Å²) in [6.45, 7) is 4.35. The predicted octanol–water partition coefficient (Wildman–Crippen LogP) is 5.35. The van der Waals surface area contributed by atoms with Crippen molar-refractivity contribution in [2.75, 3.05) is 0 Å². The first kappa shape index (κ1) is 22.2. The van der Waals surface area contributed by atoms with Gasteiger partial charge in [0, 0.05) is 0 Å². The third-order valence-electron chi connectivity index (χ3n) is 6.47. The second-order valence-electron chi connectivity index (χ2n) is 8.99. The summed E-state index contributed by atoms with van der Waals surface area (Å²) >= 11 is 0.549. The standard InChI is InChI=1S/C29H30OSe2/c1-21-11-15-24(16-12-21)31-27-26(23-9-5-3-6-10-23)30-29(19-7-4-8-20-29)28(27)32-25-17-13-22(2)14-18-25/h3,5-6,9-18,26H,4,7-8,19-20H2,1-2H3/t26-/m0/s1. The molecular formula is C29H30OSe2. The zero-order valence-corrected chi connectivity index (χ0v) is 22.3. The van der Waals surface area contributed by atoms with Gasteiger partial charge in [0.1, 0.15) is 0 Å². The maximum atomic E-state index is 7.15. The molecule has 1 aliphatic carbocycles. The first-order valence-corrected chi connectivity index (χ1v) is 15.0. The van der Waals surface area contributed by atoms with Crippen LogP contribution in [-0.2, 0) is 4.74 Å². The van der Waals surface area contributed by atoms with Crippen molar-refractivity contribution >= 4 is 38.8 Å². The summed E-state index contributed by atoms with van der Waals surface area (Å²) in [4.78, 5) is 0. The summed E-state index contributed by atoms with van der Waals surface area (Å²) in [5, 5.41) is 0. The van der Waals surface area contributed by atoms with Gasteiger partial charge in [0.25, 0.3) is 0 Å². The van der Waals surface area contributed by atoms with Gasteiger partial charge in [0.15, 0.2) is 0 Å². The van der Waals surface area contributed by atoms with E-state index >= 15 is 0 Å². The van der Waals surface area contributed by atoms with Crippen molar-refractivity contribution in [3.8, 4) is 0 Å². The van der Waals surface area contributed by atoms with E-state index in [2.05, 4.69) is 92.7 Å². The van der Waals surface area contributed by atoms with Crippen molar-refractivity contribution in [1.82, 2.24) is 0 Å². The van der Waals surface area contributed by atoms with Gasteiger partial charge >= 0.3 is 206 Å². The Balaban J connectivity index is 1.62. The molecule has 0 radical (unpaired) electrons. The van der Waals surface area contributed by atoms with E-state index in [0.717, 1.165) is 0 Å². The number of aryl methyl sites for hydroxylation is 2. The first-order chi connectivity index (χ1) is 15.6. The SMILES string of the molecule is Cc1ccc([Se]C2=C([Se]c3ccc(C)cc3)C3(CCCCC3)O[C@H]2c2ccccc2)cc1. The van der Waals surface area contributed by atoms with Crippen LogP contribution in [0.1, 0.15) is 54.9 Å². The van der Waals surface area contributed by atoms with Gasteiger partial charge < -0.3 is 0 Å². The third-order valence-corrected chi connectivity index (χ3v) is 12.3. The van der Waals surface area contributed by atoms with Gasteiger partial charge in [0.05, 0.1) is 0 Å². The quantitative estimate of drug-likeness (QED) is 0.388. The molecular weight excluding hydrogens is 522 g/mol. The van der Waals surface area contributed by atoms with Crippen LogP contribution in [0.2, 0.25) is 0 Å². The van der Waals surface area contributed by atoms with Gasteiger partial charge in [-0.2, -0.15) is 0 Å². The number of hydrogen-bond donors (Lipinski definition) is 0. The summed E-state index contributed by atoms with van der Waals surface area (Å²) in [7, 11) is 0. The zero-order valence-electron chi connectivity index (χ0n) is 18.8. The summed E-state index contributed by atoms with van der Waals surface area (Å²) in [5.41, 5.74) is 3.91. The van der Waals surface area contributed by atoms with Crippen molar-refractivity contribution in [2.24, 2.45) is 0 Å². The summed E-state index contributed by atoms with van der Waals surface area (Å²) < 4.78 is 13.3. The fraction of sp³-hybridized carbons (Fsp3) is 0.310. The minimum absolute atomic E-state index is 0.0641. The molecule has 1 spiro atoms. The first-order valence-electron chi connectivity index (χ1n) is 11.6. The molecule has 1 aliphatic heterocycles. The molecule has 1 atom stereocenters. The Labute approximate surface area is 205 Å². The number of rotatable bonds is 5. The molecule has 3 aromatic rings. The molecule has 3 aromatic carbocycles. The normalized spacial score (nSPS) is 20.1. The van der Waals surface area contributed by atoms with Crippen LogP contribution in [0.25, 0.3) is 0 Å². The molecule has 32 heavy (non-hydrogen) atoms. The predicted molar refractivity (Wildman–Crippen MR) is 136 cm³/mol. The van der Waals surface area contributed by atoms with Crippen LogP contribution in [0.3, 0.4) is 0 Å². The Morgan fingerprint density at radius 1 is 0.688 bits per heavy atom. The molecule has 0 bridgehead atoms. The van der Waals surface area contributed by atoms with Crippen LogP contribution in [0.5, 0.6) is 0 Å². The second-order valence-corrected chi connectivity index (χ2v) is 13.6. The van der Waals surface area contributed by atoms with Gasteiger partial charge in [-0.05, 0) is 0 Å². The topological polar surface area (TPSA) is 9.23 Å². The van der Waals surface area contributed by atoms with E-state index in [1.54, 1.807) is 8.94 Å². The molecule has 0 N–H and O–H groups in total. The van der Waals surface area contributed by atoms with Crippen molar-refractivity contribution in [3.63, 3.8) is 0 Å². The average Bonchev–Trinajstić information content (AvgIpc) is 3.10. The molecule has 1 fully saturated rings. The molecule has 3 heteroatoms. The Kier molecular flexibility index (Phi) is 6.74. The van der Waals surface area contributed by atoms with E-state index in [0.29, 0.717) is 0 Å². The summed E-state index contributed by atoms with van der Waals surface area (Å²) in [6, 6.07) is 29.3. The molecule has 0 aromatic heterocycles. The Hall–Kier alpha value is -1.60. The van der Waals surface area contributed by atoms with E-state index < -0.39 is 0 Å². The van der Waals surface area contributed by atoms with E-state index in [4.69, 9.17) is 4.74 Å². The van der Waals surface area contributed by atoms with E-state index in [1.807, 2.05) is 0 Å². The molecule has 2 aliphatic rings. The van der Waals surface area contributed by atoms with Gasteiger partial charge in [-0.1, -0.05) is 0 Å². The van der Waals surface area contributed by atoms with Crippen molar-refractivity contribution in [2.45, 2.75) is 57.7 Å². The number of hydrogen-bond acceptors (Lipinski definition) is 1. The third kappa shape index (κ3) is 4.69. The van der Waals surface area contributed by atoms with E-state index in [1.165, 1.54) is 57.7 Å². The Morgan fingerprint density at radius 2 is 1.25 bits per heavy atom. The van der Waals surface area contributed by atoms with Crippen molar-refractivity contribution in [3.05, 3.63) is 104 Å². The molecule has 0 amide bonds. The van der Waals surface area contributed by atoms with Crippen LogP contribution < -0.4 is 8.92 Å². The van der Waals surface area contributed by atoms with Crippen LogP contribution in [-0.4, -0.2) is 35.5 Å². The molecule has 1 saturated carbocycles. The van der Waals surface area contributed by atoms with Crippen molar-refractivity contribution < 1.29 is 4.74 Å². The molecule has 5 rings (SSSR count). The summed E-state index contributed by atoms with van der Waals surface area (Å²) in [6.07, 6.45) is 6.33. The maximum absolute atomic E-state index is 7.15. The number of ether oxygens (including phenoxy) is 1. The van der Waals surface area contributed by atoms with Crippen LogP contribution in [0.15, 0.2) is 87.8 Å². The van der Waals surface area contributed by atoms with Crippen LogP contribution in [0.4, 0.5) is 0 Å². The minimum atomic E-state index is -0.0641. The van der Waals surface area contributed by atoms with Crippen LogP contribution >= 0.6 is 0 Å². The summed E-state index contributed by atoms with van der Waals surface area (Å²) in [5.74, 6) is 0. The molecule has 164 valence electrons. The van der Waals surface area contributed by atoms with Gasteiger partial charge in [-0.15, -0.1) is 0 Å². The second kappa shape index (κ2) is 9.72. The Morgan fingerprint density at radius 3 is 1.84 bits per heavy atom. The van der Waals surface area contributed by atoms with E-state index in [9.17, 15) is 0 Å². The van der Waals surface area contributed by atoms with E-state index in [-0.39, 0.29) is 41.6 Å². The Bertz CT molecular complexity index is 1080.